The smallest absolute Gasteiger partial charge is 0.240 e. The molecular formula is C14H11ClFNO3S. The molecule has 4 nitrogen and oxygen atoms in total. The maximum absolute atomic E-state index is 13.5. The maximum Gasteiger partial charge on any atom is 0.240 e. The van der Waals surface area contributed by atoms with Crippen LogP contribution in [0.3, 0.4) is 0 Å². The van der Waals surface area contributed by atoms with Gasteiger partial charge in [0, 0.05) is 5.02 Å². The molecule has 0 heterocycles. The Bertz CT molecular complexity index is 763. The minimum Gasteiger partial charge on any atom is -0.293 e. The quantitative estimate of drug-likeness (QED) is 0.859. The van der Waals surface area contributed by atoms with Gasteiger partial charge >= 0.3 is 0 Å². The van der Waals surface area contributed by atoms with Crippen molar-refractivity contribution in [1.29, 1.82) is 0 Å². The van der Waals surface area contributed by atoms with Gasteiger partial charge in [-0.3, -0.25) is 4.79 Å². The average Bonchev–Trinajstić information content (AvgIpc) is 2.48. The van der Waals surface area contributed by atoms with Crippen LogP contribution in [0.15, 0.2) is 53.4 Å². The molecule has 0 aliphatic heterocycles. The molecule has 110 valence electrons. The summed E-state index contributed by atoms with van der Waals surface area (Å²) in [5.41, 5.74) is -0.252. The van der Waals surface area contributed by atoms with E-state index < -0.39 is 28.2 Å². The lowest BCUT2D eigenvalue weighted by Crippen LogP contribution is -2.30. The van der Waals surface area contributed by atoms with Crippen LogP contribution in [-0.4, -0.2) is 20.7 Å². The lowest BCUT2D eigenvalue weighted by Gasteiger charge is -2.07. The molecule has 2 rings (SSSR count). The number of carbonyl (C=O) groups is 1. The van der Waals surface area contributed by atoms with Gasteiger partial charge in [-0.1, -0.05) is 29.8 Å². The van der Waals surface area contributed by atoms with Gasteiger partial charge in [-0.25, -0.2) is 17.5 Å². The highest BCUT2D eigenvalue weighted by atomic mass is 35.5. The van der Waals surface area contributed by atoms with Crippen LogP contribution in [0.5, 0.6) is 0 Å². The molecule has 2 aromatic rings. The first-order chi connectivity index (χ1) is 9.90. The van der Waals surface area contributed by atoms with Crippen LogP contribution < -0.4 is 4.72 Å². The van der Waals surface area contributed by atoms with E-state index in [1.54, 1.807) is 18.2 Å². The Morgan fingerprint density at radius 1 is 1.14 bits per heavy atom. The summed E-state index contributed by atoms with van der Waals surface area (Å²) in [7, 11) is -3.81. The van der Waals surface area contributed by atoms with Gasteiger partial charge < -0.3 is 0 Å². The number of carbonyl (C=O) groups excluding carboxylic acids is 1. The number of hydrogen-bond donors (Lipinski definition) is 1. The lowest BCUT2D eigenvalue weighted by molar-refractivity contribution is 0.0993. The summed E-state index contributed by atoms with van der Waals surface area (Å²) >= 11 is 5.69. The molecular weight excluding hydrogens is 317 g/mol. The second-order valence-corrected chi connectivity index (χ2v) is 6.39. The molecule has 0 aliphatic carbocycles. The number of Topliss-reactive ketones (excluding diaryl/α,β-unsaturated/α-hetero) is 1. The Morgan fingerprint density at radius 2 is 1.81 bits per heavy atom. The molecule has 0 saturated heterocycles. The molecule has 0 fully saturated rings. The summed E-state index contributed by atoms with van der Waals surface area (Å²) in [4.78, 5) is 11.9. The van der Waals surface area contributed by atoms with Crippen LogP contribution in [0, 0.1) is 5.82 Å². The summed E-state index contributed by atoms with van der Waals surface area (Å²) in [5, 5.41) is 0.200. The van der Waals surface area contributed by atoms with Crippen molar-refractivity contribution in [3.05, 3.63) is 64.9 Å². The van der Waals surface area contributed by atoms with Crippen molar-refractivity contribution in [3.63, 3.8) is 0 Å². The molecule has 0 saturated carbocycles. The third-order valence-corrected chi connectivity index (χ3v) is 4.36. The summed E-state index contributed by atoms with van der Waals surface area (Å²) in [6, 6.07) is 11.1. The predicted octanol–water partition coefficient (Wildman–Crippen LogP) is 2.64. The molecule has 0 aliphatic rings. The van der Waals surface area contributed by atoms with Gasteiger partial charge in [0.1, 0.15) is 5.82 Å². The molecule has 0 radical (unpaired) electrons. The van der Waals surface area contributed by atoms with E-state index >= 15 is 0 Å². The van der Waals surface area contributed by atoms with Crippen molar-refractivity contribution in [2.45, 2.75) is 4.90 Å². The van der Waals surface area contributed by atoms with Crippen molar-refractivity contribution in [3.8, 4) is 0 Å². The van der Waals surface area contributed by atoms with E-state index in [-0.39, 0.29) is 15.5 Å². The van der Waals surface area contributed by atoms with Crippen LogP contribution in [0.2, 0.25) is 5.02 Å². The molecule has 0 unspecified atom stereocenters. The zero-order valence-corrected chi connectivity index (χ0v) is 12.3. The van der Waals surface area contributed by atoms with Crippen LogP contribution in [0.4, 0.5) is 4.39 Å². The monoisotopic (exact) mass is 327 g/mol. The van der Waals surface area contributed by atoms with E-state index in [0.29, 0.717) is 0 Å². The van der Waals surface area contributed by atoms with Gasteiger partial charge in [-0.2, -0.15) is 0 Å². The number of nitrogens with one attached hydrogen (secondary N) is 1. The van der Waals surface area contributed by atoms with Gasteiger partial charge in [0.2, 0.25) is 10.0 Å². The molecule has 0 aromatic heterocycles. The van der Waals surface area contributed by atoms with Crippen LogP contribution in [0.25, 0.3) is 0 Å². The molecule has 7 heteroatoms. The fourth-order valence-corrected chi connectivity index (χ4v) is 2.83. The minimum absolute atomic E-state index is 0.0318. The van der Waals surface area contributed by atoms with Gasteiger partial charge in [0.15, 0.2) is 5.78 Å². The molecule has 0 atom stereocenters. The summed E-state index contributed by atoms with van der Waals surface area (Å²) in [5.74, 6) is -1.45. The number of benzene rings is 2. The standard InChI is InChI=1S/C14H11ClFNO3S/c15-10-6-7-13(16)12(8-10)14(18)9-17-21(19,20)11-4-2-1-3-5-11/h1-8,17H,9H2. The highest BCUT2D eigenvalue weighted by Gasteiger charge is 2.18. The number of ketones is 1. The fourth-order valence-electron chi connectivity index (χ4n) is 1.65. The zero-order chi connectivity index (χ0) is 15.5. The Balaban J connectivity index is 2.13. The molecule has 2 aromatic carbocycles. The molecule has 0 spiro atoms. The van der Waals surface area contributed by atoms with E-state index in [4.69, 9.17) is 11.6 Å². The zero-order valence-electron chi connectivity index (χ0n) is 10.7. The maximum atomic E-state index is 13.5. The first kappa shape index (κ1) is 15.6. The Kier molecular flexibility index (Phi) is 4.72. The first-order valence-electron chi connectivity index (χ1n) is 5.93. The van der Waals surface area contributed by atoms with Crippen molar-refractivity contribution < 1.29 is 17.6 Å². The average molecular weight is 328 g/mol. The number of sulfonamides is 1. The predicted molar refractivity (Wildman–Crippen MR) is 77.4 cm³/mol. The van der Waals surface area contributed by atoms with Crippen molar-refractivity contribution in [1.82, 2.24) is 4.72 Å². The second kappa shape index (κ2) is 6.34. The first-order valence-corrected chi connectivity index (χ1v) is 7.79. The normalized spacial score (nSPS) is 11.3. The van der Waals surface area contributed by atoms with Crippen LogP contribution in [0.1, 0.15) is 10.4 Å². The topological polar surface area (TPSA) is 63.2 Å². The van der Waals surface area contributed by atoms with Crippen molar-refractivity contribution in [2.75, 3.05) is 6.54 Å². The van der Waals surface area contributed by atoms with E-state index in [0.717, 1.165) is 12.1 Å². The third kappa shape index (κ3) is 3.87. The molecule has 1 N–H and O–H groups in total. The third-order valence-electron chi connectivity index (χ3n) is 2.71. The number of hydrogen-bond acceptors (Lipinski definition) is 3. The van der Waals surface area contributed by atoms with Crippen LogP contribution >= 0.6 is 11.6 Å². The van der Waals surface area contributed by atoms with Gasteiger partial charge in [-0.15, -0.1) is 0 Å². The van der Waals surface area contributed by atoms with Crippen molar-refractivity contribution in [2.24, 2.45) is 0 Å². The SMILES string of the molecule is O=C(CNS(=O)(=O)c1ccccc1)c1cc(Cl)ccc1F. The van der Waals surface area contributed by atoms with E-state index in [1.807, 2.05) is 0 Å². The highest BCUT2D eigenvalue weighted by molar-refractivity contribution is 7.89. The van der Waals surface area contributed by atoms with E-state index in [9.17, 15) is 17.6 Å². The minimum atomic E-state index is -3.81. The highest BCUT2D eigenvalue weighted by Crippen LogP contribution is 2.15. The lowest BCUT2D eigenvalue weighted by atomic mass is 10.1. The Labute approximate surface area is 126 Å². The molecule has 0 amide bonds. The van der Waals surface area contributed by atoms with Crippen LogP contribution in [-0.2, 0) is 10.0 Å². The summed E-state index contributed by atoms with van der Waals surface area (Å²) in [6.07, 6.45) is 0. The van der Waals surface area contributed by atoms with E-state index in [1.165, 1.54) is 18.2 Å². The number of rotatable bonds is 5. The fraction of sp³-hybridized carbons (Fsp3) is 0.0714. The summed E-state index contributed by atoms with van der Waals surface area (Å²) in [6.45, 7) is -0.547. The van der Waals surface area contributed by atoms with Gasteiger partial charge in [0.05, 0.1) is 17.0 Å². The summed E-state index contributed by atoms with van der Waals surface area (Å²) < 4.78 is 39.5. The number of halogens is 2. The van der Waals surface area contributed by atoms with E-state index in [2.05, 4.69) is 4.72 Å². The molecule has 0 bridgehead atoms. The molecule has 21 heavy (non-hydrogen) atoms. The van der Waals surface area contributed by atoms with Gasteiger partial charge in [0.25, 0.3) is 0 Å². The largest absolute Gasteiger partial charge is 0.293 e. The van der Waals surface area contributed by atoms with Crippen molar-refractivity contribution >= 4 is 27.4 Å². The second-order valence-electron chi connectivity index (χ2n) is 4.18. The Morgan fingerprint density at radius 3 is 2.48 bits per heavy atom. The van der Waals surface area contributed by atoms with Gasteiger partial charge in [-0.05, 0) is 30.3 Å². The Hall–Kier alpha value is -1.76.